The summed E-state index contributed by atoms with van der Waals surface area (Å²) < 4.78 is 1.69. The Kier molecular flexibility index (Phi) is 3.48. The van der Waals surface area contributed by atoms with Crippen LogP contribution in [-0.2, 0) is 6.42 Å². The molecule has 0 saturated carbocycles. The van der Waals surface area contributed by atoms with Crippen molar-refractivity contribution in [2.45, 2.75) is 39.7 Å². The molecule has 0 amide bonds. The summed E-state index contributed by atoms with van der Waals surface area (Å²) in [7, 11) is 0. The summed E-state index contributed by atoms with van der Waals surface area (Å²) in [4.78, 5) is 11.9. The summed E-state index contributed by atoms with van der Waals surface area (Å²) in [5, 5.41) is 14.2. The first-order valence-corrected chi connectivity index (χ1v) is 6.31. The zero-order valence-electron chi connectivity index (χ0n) is 11.0. The second kappa shape index (κ2) is 4.90. The van der Waals surface area contributed by atoms with Gasteiger partial charge in [-0.1, -0.05) is 13.8 Å². The number of aliphatic hydroxyl groups excluding tert-OH is 1. The van der Waals surface area contributed by atoms with Crippen LogP contribution in [0.5, 0.6) is 0 Å². The Labute approximate surface area is 106 Å². The van der Waals surface area contributed by atoms with Crippen LogP contribution in [0.25, 0.3) is 5.52 Å². The molecule has 0 radical (unpaired) electrons. The van der Waals surface area contributed by atoms with E-state index in [2.05, 4.69) is 5.10 Å². The lowest BCUT2D eigenvalue weighted by Gasteiger charge is -2.09. The predicted octanol–water partition coefficient (Wildman–Crippen LogP) is 2.54. The molecule has 0 saturated heterocycles. The molecule has 0 aliphatic rings. The van der Waals surface area contributed by atoms with Crippen molar-refractivity contribution in [2.75, 3.05) is 0 Å². The van der Waals surface area contributed by atoms with Gasteiger partial charge in [0.05, 0.1) is 23.0 Å². The van der Waals surface area contributed by atoms with Crippen molar-refractivity contribution in [2.24, 2.45) is 0 Å². The Morgan fingerprint density at radius 1 is 1.44 bits per heavy atom. The first-order chi connectivity index (χ1) is 8.58. The highest BCUT2D eigenvalue weighted by molar-refractivity contribution is 6.02. The molecule has 4 nitrogen and oxygen atoms in total. The molecule has 0 fully saturated rings. The molecule has 4 heteroatoms. The summed E-state index contributed by atoms with van der Waals surface area (Å²) in [6.07, 6.45) is 0.666. The molecule has 2 rings (SSSR count). The highest BCUT2D eigenvalue weighted by atomic mass is 16.3. The fraction of sp³-hybridized carbons (Fsp3) is 0.429. The van der Waals surface area contributed by atoms with Gasteiger partial charge in [-0.15, -0.1) is 0 Å². The number of pyridine rings is 1. The van der Waals surface area contributed by atoms with Crippen LogP contribution in [0, 0.1) is 0 Å². The first-order valence-electron chi connectivity index (χ1n) is 6.31. The molecule has 0 aliphatic carbocycles. The third kappa shape index (κ3) is 2.04. The van der Waals surface area contributed by atoms with Gasteiger partial charge in [0, 0.05) is 12.0 Å². The quantitative estimate of drug-likeness (QED) is 0.843. The summed E-state index contributed by atoms with van der Waals surface area (Å²) >= 11 is 0. The third-order valence-corrected chi connectivity index (χ3v) is 3.11. The van der Waals surface area contributed by atoms with E-state index in [1.807, 2.05) is 19.9 Å². The van der Waals surface area contributed by atoms with E-state index in [4.69, 9.17) is 0 Å². The number of aryl methyl sites for hydroxylation is 1. The molecule has 96 valence electrons. The Morgan fingerprint density at radius 3 is 2.72 bits per heavy atom. The van der Waals surface area contributed by atoms with Crippen molar-refractivity contribution in [3.8, 4) is 0 Å². The smallest absolute Gasteiger partial charge is 0.164 e. The predicted molar refractivity (Wildman–Crippen MR) is 69.8 cm³/mol. The Balaban J connectivity index is 2.73. The molecule has 0 spiro atoms. The maximum absolute atomic E-state index is 11.9. The molecule has 1 unspecified atom stereocenters. The average molecular weight is 246 g/mol. The highest BCUT2D eigenvalue weighted by Gasteiger charge is 2.15. The summed E-state index contributed by atoms with van der Waals surface area (Å²) in [5.41, 5.74) is 3.09. The van der Waals surface area contributed by atoms with Crippen molar-refractivity contribution in [1.29, 1.82) is 0 Å². The number of aliphatic hydroxyl groups is 1. The fourth-order valence-electron chi connectivity index (χ4n) is 2.06. The van der Waals surface area contributed by atoms with Gasteiger partial charge in [0.25, 0.3) is 0 Å². The lowest BCUT2D eigenvalue weighted by molar-refractivity contribution is 0.0989. The third-order valence-electron chi connectivity index (χ3n) is 3.11. The molecule has 1 N–H and O–H groups in total. The number of hydrogen-bond donors (Lipinski definition) is 1. The van der Waals surface area contributed by atoms with Crippen molar-refractivity contribution >= 4 is 11.3 Å². The number of aromatic nitrogens is 2. The number of hydrogen-bond acceptors (Lipinski definition) is 3. The minimum absolute atomic E-state index is 0.0969. The Hall–Kier alpha value is -1.68. The van der Waals surface area contributed by atoms with E-state index in [0.29, 0.717) is 17.7 Å². The molecule has 0 bridgehead atoms. The monoisotopic (exact) mass is 246 g/mol. The number of fused-ring (bicyclic) bond motifs is 1. The molecule has 0 aromatic carbocycles. The van der Waals surface area contributed by atoms with Gasteiger partial charge in [0.15, 0.2) is 5.78 Å². The van der Waals surface area contributed by atoms with E-state index in [1.165, 1.54) is 0 Å². The van der Waals surface area contributed by atoms with Crippen molar-refractivity contribution in [1.82, 2.24) is 9.61 Å². The molecule has 18 heavy (non-hydrogen) atoms. The van der Waals surface area contributed by atoms with Gasteiger partial charge in [0.1, 0.15) is 0 Å². The standard InChI is InChI=1S/C14H18N2O2/c1-4-10-8-13-11(14(18)5-2)6-7-12(9(3)17)16(13)15-10/h6-9,17H,4-5H2,1-3H3. The summed E-state index contributed by atoms with van der Waals surface area (Å²) in [5.74, 6) is 0.0969. The van der Waals surface area contributed by atoms with Crippen molar-refractivity contribution in [3.05, 3.63) is 35.2 Å². The maximum Gasteiger partial charge on any atom is 0.164 e. The molecule has 2 aromatic heterocycles. The van der Waals surface area contributed by atoms with E-state index in [0.717, 1.165) is 17.6 Å². The van der Waals surface area contributed by atoms with Gasteiger partial charge in [-0.25, -0.2) is 4.52 Å². The van der Waals surface area contributed by atoms with Crippen LogP contribution in [0.1, 0.15) is 55.0 Å². The van der Waals surface area contributed by atoms with Crippen LogP contribution >= 0.6 is 0 Å². The number of nitrogens with zero attached hydrogens (tertiary/aromatic N) is 2. The van der Waals surface area contributed by atoms with Gasteiger partial charge < -0.3 is 5.11 Å². The average Bonchev–Trinajstić information content (AvgIpc) is 2.80. The van der Waals surface area contributed by atoms with E-state index >= 15 is 0 Å². The number of carbonyl (C=O) groups is 1. The molecule has 0 aliphatic heterocycles. The van der Waals surface area contributed by atoms with Gasteiger partial charge in [-0.05, 0) is 31.5 Å². The van der Waals surface area contributed by atoms with E-state index in [9.17, 15) is 9.90 Å². The molecule has 2 heterocycles. The molecular formula is C14H18N2O2. The normalized spacial score (nSPS) is 12.9. The Morgan fingerprint density at radius 2 is 2.17 bits per heavy atom. The number of rotatable bonds is 4. The van der Waals surface area contributed by atoms with Crippen LogP contribution < -0.4 is 0 Å². The van der Waals surface area contributed by atoms with E-state index in [1.54, 1.807) is 23.6 Å². The zero-order valence-corrected chi connectivity index (χ0v) is 11.0. The first kappa shape index (κ1) is 12.8. The molecule has 1 atom stereocenters. The topological polar surface area (TPSA) is 54.6 Å². The van der Waals surface area contributed by atoms with Gasteiger partial charge in [-0.3, -0.25) is 4.79 Å². The van der Waals surface area contributed by atoms with Crippen molar-refractivity contribution < 1.29 is 9.90 Å². The highest BCUT2D eigenvalue weighted by Crippen LogP contribution is 2.21. The Bertz CT molecular complexity index is 585. The van der Waals surface area contributed by atoms with Gasteiger partial charge >= 0.3 is 0 Å². The number of ketones is 1. The van der Waals surface area contributed by atoms with E-state index < -0.39 is 6.10 Å². The molecular weight excluding hydrogens is 228 g/mol. The van der Waals surface area contributed by atoms with Gasteiger partial charge in [-0.2, -0.15) is 5.10 Å². The molecule has 2 aromatic rings. The minimum atomic E-state index is -0.608. The number of Topliss-reactive ketones (excluding diaryl/α,β-unsaturated/α-hetero) is 1. The van der Waals surface area contributed by atoms with Crippen LogP contribution in [0.3, 0.4) is 0 Å². The second-order valence-corrected chi connectivity index (χ2v) is 4.41. The minimum Gasteiger partial charge on any atom is -0.387 e. The van der Waals surface area contributed by atoms with Crippen molar-refractivity contribution in [3.63, 3.8) is 0 Å². The summed E-state index contributed by atoms with van der Waals surface area (Å²) in [6, 6.07) is 5.48. The van der Waals surface area contributed by atoms with E-state index in [-0.39, 0.29) is 5.78 Å². The van der Waals surface area contributed by atoms with Crippen LogP contribution in [0.15, 0.2) is 18.2 Å². The van der Waals surface area contributed by atoms with Crippen LogP contribution in [0.4, 0.5) is 0 Å². The number of carbonyl (C=O) groups excluding carboxylic acids is 1. The maximum atomic E-state index is 11.9. The lowest BCUT2D eigenvalue weighted by atomic mass is 10.1. The largest absolute Gasteiger partial charge is 0.387 e. The second-order valence-electron chi connectivity index (χ2n) is 4.41. The fourth-order valence-corrected chi connectivity index (χ4v) is 2.06. The SMILES string of the molecule is CCC(=O)c1ccc(C(C)O)n2nc(CC)cc12. The van der Waals surface area contributed by atoms with Gasteiger partial charge in [0.2, 0.25) is 0 Å². The summed E-state index contributed by atoms with van der Waals surface area (Å²) in [6.45, 7) is 5.56. The lowest BCUT2D eigenvalue weighted by Crippen LogP contribution is -2.07. The van der Waals surface area contributed by atoms with Crippen LogP contribution in [-0.4, -0.2) is 20.5 Å². The zero-order chi connectivity index (χ0) is 13.3. The van der Waals surface area contributed by atoms with Crippen LogP contribution in [0.2, 0.25) is 0 Å².